The minimum Gasteiger partial charge on any atom is -0.342 e. The molecule has 2 aliphatic rings. The summed E-state index contributed by atoms with van der Waals surface area (Å²) in [5.41, 5.74) is 3.49. The molecule has 6 heteroatoms. The first kappa shape index (κ1) is 11.8. The number of rotatable bonds is 2. The molecule has 1 unspecified atom stereocenters. The lowest BCUT2D eigenvalue weighted by Crippen LogP contribution is -2.59. The van der Waals surface area contributed by atoms with Crippen LogP contribution in [0.25, 0.3) is 10.2 Å². The van der Waals surface area contributed by atoms with Crippen LogP contribution in [0.15, 0.2) is 23.7 Å². The monoisotopic (exact) mass is 287 g/mol. The number of benzene rings is 1. The van der Waals surface area contributed by atoms with Gasteiger partial charge in [0.25, 0.3) is 0 Å². The van der Waals surface area contributed by atoms with Gasteiger partial charge < -0.3 is 10.2 Å². The van der Waals surface area contributed by atoms with Crippen LogP contribution in [-0.2, 0) is 9.59 Å². The second-order valence-electron chi connectivity index (χ2n) is 5.31. The van der Waals surface area contributed by atoms with Crippen LogP contribution in [0.2, 0.25) is 0 Å². The molecule has 0 bridgehead atoms. The molecule has 1 saturated carbocycles. The van der Waals surface area contributed by atoms with Gasteiger partial charge in [0.1, 0.15) is 12.6 Å². The number of piperazine rings is 1. The van der Waals surface area contributed by atoms with Crippen LogP contribution in [0.1, 0.15) is 12.8 Å². The van der Waals surface area contributed by atoms with Crippen LogP contribution in [0.4, 0.5) is 5.69 Å². The van der Waals surface area contributed by atoms with Crippen LogP contribution in [0.5, 0.6) is 0 Å². The second-order valence-corrected chi connectivity index (χ2v) is 6.20. The smallest absolute Gasteiger partial charge is 0.250 e. The lowest BCUT2D eigenvalue weighted by molar-refractivity contribution is -0.131. The third kappa shape index (κ3) is 1.87. The van der Waals surface area contributed by atoms with Crippen molar-refractivity contribution in [3.8, 4) is 0 Å². The van der Waals surface area contributed by atoms with Crippen LogP contribution in [0, 0.1) is 5.92 Å². The van der Waals surface area contributed by atoms with Gasteiger partial charge in [-0.15, -0.1) is 11.3 Å². The number of carbonyl (C=O) groups is 2. The van der Waals surface area contributed by atoms with Crippen LogP contribution in [0.3, 0.4) is 0 Å². The average Bonchev–Trinajstić information content (AvgIpc) is 3.18. The Morgan fingerprint density at radius 1 is 1.30 bits per heavy atom. The highest BCUT2D eigenvalue weighted by atomic mass is 32.1. The highest BCUT2D eigenvalue weighted by molar-refractivity contribution is 7.16. The number of amides is 2. The summed E-state index contributed by atoms with van der Waals surface area (Å²) >= 11 is 1.54. The number of carbonyl (C=O) groups excluding carboxylic acids is 2. The summed E-state index contributed by atoms with van der Waals surface area (Å²) in [4.78, 5) is 30.2. The quantitative estimate of drug-likeness (QED) is 0.911. The van der Waals surface area contributed by atoms with Crippen LogP contribution < -0.4 is 10.2 Å². The molecule has 1 N–H and O–H groups in total. The van der Waals surface area contributed by atoms with Crippen molar-refractivity contribution >= 4 is 39.1 Å². The molecule has 4 rings (SSSR count). The van der Waals surface area contributed by atoms with Gasteiger partial charge in [0.2, 0.25) is 11.8 Å². The van der Waals surface area contributed by atoms with Gasteiger partial charge in [0, 0.05) is 5.69 Å². The van der Waals surface area contributed by atoms with E-state index in [0.717, 1.165) is 28.7 Å². The Hall–Kier alpha value is -1.95. The first-order valence-corrected chi connectivity index (χ1v) is 7.54. The Kier molecular flexibility index (Phi) is 2.53. The molecule has 102 valence electrons. The lowest BCUT2D eigenvalue weighted by atomic mass is 10.1. The van der Waals surface area contributed by atoms with Gasteiger partial charge in [-0.3, -0.25) is 9.59 Å². The number of nitrogens with zero attached hydrogens (tertiary/aromatic N) is 2. The minimum atomic E-state index is -0.339. The molecule has 1 aromatic carbocycles. The number of hydrogen-bond donors (Lipinski definition) is 1. The lowest BCUT2D eigenvalue weighted by Gasteiger charge is -2.32. The first-order valence-electron chi connectivity index (χ1n) is 6.66. The summed E-state index contributed by atoms with van der Waals surface area (Å²) in [7, 11) is 0. The highest BCUT2D eigenvalue weighted by Crippen LogP contribution is 2.35. The molecule has 2 aromatic rings. The molecule has 2 fully saturated rings. The zero-order valence-corrected chi connectivity index (χ0v) is 11.5. The molecule has 1 atom stereocenters. The summed E-state index contributed by atoms with van der Waals surface area (Å²) in [5.74, 6) is 0.253. The summed E-state index contributed by atoms with van der Waals surface area (Å²) in [6, 6.07) is 5.36. The van der Waals surface area contributed by atoms with Gasteiger partial charge in [0.05, 0.1) is 15.7 Å². The molecule has 1 aliphatic carbocycles. The molecular formula is C14H13N3O2S. The average molecular weight is 287 g/mol. The minimum absolute atomic E-state index is 0.0102. The van der Waals surface area contributed by atoms with Gasteiger partial charge in [-0.25, -0.2) is 4.98 Å². The van der Waals surface area contributed by atoms with E-state index in [1.165, 1.54) is 11.3 Å². The molecule has 1 saturated heterocycles. The topological polar surface area (TPSA) is 62.3 Å². The maximum absolute atomic E-state index is 12.5. The van der Waals surface area contributed by atoms with E-state index in [2.05, 4.69) is 10.3 Å². The van der Waals surface area contributed by atoms with E-state index in [1.54, 1.807) is 10.4 Å². The van der Waals surface area contributed by atoms with E-state index in [-0.39, 0.29) is 24.4 Å². The Labute approximate surface area is 119 Å². The maximum atomic E-state index is 12.5. The van der Waals surface area contributed by atoms with Crippen molar-refractivity contribution in [1.29, 1.82) is 0 Å². The third-order valence-corrected chi connectivity index (χ3v) is 4.66. The number of aromatic nitrogens is 1. The molecule has 2 amide bonds. The SMILES string of the molecule is O=C1CN(c2ccc3ncsc3c2)C(=O)C(C2CC2)N1. The van der Waals surface area contributed by atoms with Gasteiger partial charge in [-0.05, 0) is 37.0 Å². The normalized spacial score (nSPS) is 23.2. The molecule has 0 radical (unpaired) electrons. The van der Waals surface area contributed by atoms with Crippen LogP contribution in [-0.4, -0.2) is 29.4 Å². The van der Waals surface area contributed by atoms with E-state index in [1.807, 2.05) is 18.2 Å². The zero-order valence-electron chi connectivity index (χ0n) is 10.7. The Morgan fingerprint density at radius 3 is 2.95 bits per heavy atom. The second kappa shape index (κ2) is 4.28. The Morgan fingerprint density at radius 2 is 2.15 bits per heavy atom. The highest BCUT2D eigenvalue weighted by Gasteiger charge is 2.43. The van der Waals surface area contributed by atoms with E-state index in [9.17, 15) is 9.59 Å². The molecular weight excluding hydrogens is 274 g/mol. The number of nitrogens with one attached hydrogen (secondary N) is 1. The van der Waals surface area contributed by atoms with Gasteiger partial charge in [-0.2, -0.15) is 0 Å². The van der Waals surface area contributed by atoms with Crippen LogP contribution >= 0.6 is 11.3 Å². The standard InChI is InChI=1S/C14H13N3O2S/c18-12-6-17(14(19)13(16-12)8-1-2-8)9-3-4-10-11(5-9)20-7-15-10/h3-5,7-8,13H,1-2,6H2,(H,16,18). The number of anilines is 1. The molecule has 20 heavy (non-hydrogen) atoms. The number of fused-ring (bicyclic) bond motifs is 1. The fourth-order valence-corrected chi connectivity index (χ4v) is 3.36. The van der Waals surface area contributed by atoms with Crippen molar-refractivity contribution in [1.82, 2.24) is 10.3 Å². The van der Waals surface area contributed by atoms with E-state index < -0.39 is 0 Å². The van der Waals surface area contributed by atoms with E-state index >= 15 is 0 Å². The Balaban J connectivity index is 1.71. The van der Waals surface area contributed by atoms with Gasteiger partial charge in [0.15, 0.2) is 0 Å². The fraction of sp³-hybridized carbons (Fsp3) is 0.357. The summed E-state index contributed by atoms with van der Waals surface area (Å²) in [6.07, 6.45) is 2.05. The van der Waals surface area contributed by atoms with Crippen molar-refractivity contribution in [3.63, 3.8) is 0 Å². The predicted octanol–water partition coefficient (Wildman–Crippen LogP) is 1.54. The molecule has 1 aliphatic heterocycles. The number of hydrogen-bond acceptors (Lipinski definition) is 4. The van der Waals surface area contributed by atoms with Gasteiger partial charge >= 0.3 is 0 Å². The fourth-order valence-electron chi connectivity index (χ4n) is 2.65. The van der Waals surface area contributed by atoms with Crippen molar-refractivity contribution in [3.05, 3.63) is 23.7 Å². The maximum Gasteiger partial charge on any atom is 0.250 e. The zero-order chi connectivity index (χ0) is 13.7. The Bertz CT molecular complexity index is 707. The first-order chi connectivity index (χ1) is 9.72. The molecule has 1 aromatic heterocycles. The van der Waals surface area contributed by atoms with Gasteiger partial charge in [-0.1, -0.05) is 0 Å². The third-order valence-electron chi connectivity index (χ3n) is 3.87. The van der Waals surface area contributed by atoms with Crippen molar-refractivity contribution in [2.24, 2.45) is 5.92 Å². The molecule has 2 heterocycles. The summed E-state index contributed by atoms with van der Waals surface area (Å²) in [5, 5.41) is 2.82. The van der Waals surface area contributed by atoms with Crippen molar-refractivity contribution < 1.29 is 9.59 Å². The molecule has 0 spiro atoms. The van der Waals surface area contributed by atoms with Crippen molar-refractivity contribution in [2.75, 3.05) is 11.4 Å². The predicted molar refractivity (Wildman–Crippen MR) is 76.6 cm³/mol. The number of thiazole rings is 1. The molecule has 5 nitrogen and oxygen atoms in total. The van der Waals surface area contributed by atoms with E-state index in [0.29, 0.717) is 5.92 Å². The summed E-state index contributed by atoms with van der Waals surface area (Å²) < 4.78 is 1.03. The summed E-state index contributed by atoms with van der Waals surface area (Å²) in [6.45, 7) is 0.104. The van der Waals surface area contributed by atoms with E-state index in [4.69, 9.17) is 0 Å². The largest absolute Gasteiger partial charge is 0.342 e. The van der Waals surface area contributed by atoms with Crippen molar-refractivity contribution in [2.45, 2.75) is 18.9 Å².